The van der Waals surface area contributed by atoms with Gasteiger partial charge in [0.2, 0.25) is 5.91 Å². The highest BCUT2D eigenvalue weighted by molar-refractivity contribution is 8.18. The Morgan fingerprint density at radius 2 is 1.83 bits per heavy atom. The lowest BCUT2D eigenvalue weighted by molar-refractivity contribution is -0.384. The first-order valence-electron chi connectivity index (χ1n) is 10.7. The molecule has 1 aliphatic heterocycles. The number of hydrogen-bond donors (Lipinski definition) is 1. The Hall–Kier alpha value is -4.38. The summed E-state index contributed by atoms with van der Waals surface area (Å²) in [6.07, 6.45) is 1.38. The minimum Gasteiger partial charge on any atom is -0.497 e. The molecule has 2 heterocycles. The number of rotatable bonds is 7. The summed E-state index contributed by atoms with van der Waals surface area (Å²) in [5.41, 5.74) is 2.35. The van der Waals surface area contributed by atoms with Crippen LogP contribution in [0.15, 0.2) is 57.9 Å². The molecule has 0 spiro atoms. The van der Waals surface area contributed by atoms with Crippen LogP contribution in [0.25, 0.3) is 17.4 Å². The summed E-state index contributed by atoms with van der Waals surface area (Å²) in [7, 11) is 1.53. The van der Waals surface area contributed by atoms with Crippen molar-refractivity contribution in [1.82, 2.24) is 4.90 Å². The van der Waals surface area contributed by atoms with Crippen LogP contribution in [0.5, 0.6) is 5.75 Å². The Morgan fingerprint density at radius 1 is 1.14 bits per heavy atom. The average Bonchev–Trinajstić information content (AvgIpc) is 3.41. The average molecular weight is 508 g/mol. The van der Waals surface area contributed by atoms with Crippen LogP contribution in [0.3, 0.4) is 0 Å². The van der Waals surface area contributed by atoms with Gasteiger partial charge in [0.15, 0.2) is 0 Å². The second-order valence-corrected chi connectivity index (χ2v) is 8.95. The highest BCUT2D eigenvalue weighted by Crippen LogP contribution is 2.36. The van der Waals surface area contributed by atoms with E-state index in [1.807, 2.05) is 6.92 Å². The van der Waals surface area contributed by atoms with Crippen molar-refractivity contribution >= 4 is 46.3 Å². The summed E-state index contributed by atoms with van der Waals surface area (Å²) in [5, 5.41) is 13.6. The van der Waals surface area contributed by atoms with Crippen LogP contribution in [0.2, 0.25) is 0 Å². The molecule has 0 radical (unpaired) electrons. The third-order valence-corrected chi connectivity index (χ3v) is 6.43. The van der Waals surface area contributed by atoms with Crippen LogP contribution >= 0.6 is 11.8 Å². The topological polar surface area (TPSA) is 132 Å². The van der Waals surface area contributed by atoms with Gasteiger partial charge in [-0.25, -0.2) is 0 Å². The maximum absolute atomic E-state index is 12.8. The number of anilines is 1. The van der Waals surface area contributed by atoms with Gasteiger partial charge in [-0.05, 0) is 79.2 Å². The summed E-state index contributed by atoms with van der Waals surface area (Å²) in [4.78, 5) is 49.5. The number of aryl methyl sites for hydroxylation is 2. The monoisotopic (exact) mass is 507 g/mol. The number of thioether (sulfide) groups is 1. The van der Waals surface area contributed by atoms with Crippen molar-refractivity contribution in [2.75, 3.05) is 19.0 Å². The molecule has 10 nitrogen and oxygen atoms in total. The van der Waals surface area contributed by atoms with Gasteiger partial charge in [-0.15, -0.1) is 0 Å². The second kappa shape index (κ2) is 10.1. The van der Waals surface area contributed by atoms with Crippen LogP contribution in [0.1, 0.15) is 16.9 Å². The van der Waals surface area contributed by atoms with Crippen LogP contribution in [0, 0.1) is 24.0 Å². The Kier molecular flexibility index (Phi) is 6.93. The third-order valence-electron chi connectivity index (χ3n) is 5.52. The SMILES string of the molecule is COc1ccc(NC(=O)CN2C(=O)S/C(=C\c3ccc(-c4cc(C)c(C)cc4[N+](=O)[O-])o3)C2=O)cc1. The normalized spacial score (nSPS) is 14.4. The molecule has 1 N–H and O–H groups in total. The molecule has 1 aromatic heterocycles. The molecule has 0 unspecified atom stereocenters. The standard InChI is InChI=1S/C25H21N3O7S/c1-14-10-19(20(28(32)33)11-15(14)2)21-9-8-18(35-21)12-22-24(30)27(25(31)36-22)13-23(29)26-16-4-6-17(34-3)7-5-16/h4-12H,13H2,1-3H3,(H,26,29)/b22-12-. The number of nitro groups is 1. The fourth-order valence-corrected chi connectivity index (χ4v) is 4.33. The number of carbonyl (C=O) groups is 3. The van der Waals surface area contributed by atoms with Gasteiger partial charge in [-0.1, -0.05) is 0 Å². The van der Waals surface area contributed by atoms with Gasteiger partial charge in [0.25, 0.3) is 16.8 Å². The third kappa shape index (κ3) is 5.15. The van der Waals surface area contributed by atoms with E-state index in [1.165, 1.54) is 19.3 Å². The van der Waals surface area contributed by atoms with E-state index >= 15 is 0 Å². The quantitative estimate of drug-likeness (QED) is 0.264. The molecule has 1 fully saturated rings. The Labute approximate surface area is 210 Å². The maximum Gasteiger partial charge on any atom is 0.294 e. The highest BCUT2D eigenvalue weighted by Gasteiger charge is 2.36. The molecule has 3 amide bonds. The van der Waals surface area contributed by atoms with E-state index in [1.54, 1.807) is 49.4 Å². The van der Waals surface area contributed by atoms with Gasteiger partial charge in [0.1, 0.15) is 23.8 Å². The van der Waals surface area contributed by atoms with E-state index in [0.29, 0.717) is 28.8 Å². The summed E-state index contributed by atoms with van der Waals surface area (Å²) >= 11 is 0.681. The van der Waals surface area contributed by atoms with E-state index in [0.717, 1.165) is 16.0 Å². The predicted molar refractivity (Wildman–Crippen MR) is 135 cm³/mol. The molecule has 184 valence electrons. The lowest BCUT2D eigenvalue weighted by atomic mass is 10.0. The second-order valence-electron chi connectivity index (χ2n) is 7.96. The van der Waals surface area contributed by atoms with Crippen molar-refractivity contribution in [3.05, 3.63) is 80.4 Å². The fraction of sp³-hybridized carbons (Fsp3) is 0.160. The van der Waals surface area contributed by atoms with Gasteiger partial charge >= 0.3 is 0 Å². The number of carbonyl (C=O) groups excluding carboxylic acids is 3. The number of hydrogen-bond acceptors (Lipinski definition) is 8. The molecule has 4 rings (SSSR count). The molecular weight excluding hydrogens is 486 g/mol. The first-order valence-corrected chi connectivity index (χ1v) is 11.5. The smallest absolute Gasteiger partial charge is 0.294 e. The number of imide groups is 1. The Balaban J connectivity index is 1.49. The van der Waals surface area contributed by atoms with Gasteiger partial charge in [-0.3, -0.25) is 29.4 Å². The van der Waals surface area contributed by atoms with Crippen molar-refractivity contribution < 1.29 is 28.5 Å². The highest BCUT2D eigenvalue weighted by atomic mass is 32.2. The molecule has 0 atom stereocenters. The molecule has 1 aliphatic rings. The van der Waals surface area contributed by atoms with Gasteiger partial charge in [0.05, 0.1) is 22.5 Å². The number of benzene rings is 2. The Morgan fingerprint density at radius 3 is 2.50 bits per heavy atom. The van der Waals surface area contributed by atoms with E-state index in [-0.39, 0.29) is 22.1 Å². The van der Waals surface area contributed by atoms with Gasteiger partial charge < -0.3 is 14.5 Å². The number of nitrogens with zero attached hydrogens (tertiary/aromatic N) is 2. The molecule has 36 heavy (non-hydrogen) atoms. The van der Waals surface area contributed by atoms with E-state index in [2.05, 4.69) is 5.32 Å². The minimum atomic E-state index is -0.634. The molecule has 0 saturated carbocycles. The fourth-order valence-electron chi connectivity index (χ4n) is 3.51. The zero-order chi connectivity index (χ0) is 26.0. The molecule has 0 bridgehead atoms. The van der Waals surface area contributed by atoms with Crippen molar-refractivity contribution in [3.8, 4) is 17.1 Å². The lowest BCUT2D eigenvalue weighted by Gasteiger charge is -2.12. The van der Waals surface area contributed by atoms with Crippen LogP contribution in [-0.2, 0) is 9.59 Å². The molecule has 1 saturated heterocycles. The first kappa shape index (κ1) is 24.7. The zero-order valence-electron chi connectivity index (χ0n) is 19.6. The first-order chi connectivity index (χ1) is 17.2. The van der Waals surface area contributed by atoms with Gasteiger partial charge in [-0.2, -0.15) is 0 Å². The largest absolute Gasteiger partial charge is 0.497 e. The number of nitro benzene ring substituents is 1. The van der Waals surface area contributed by atoms with E-state index < -0.39 is 28.5 Å². The van der Waals surface area contributed by atoms with Crippen molar-refractivity contribution in [3.63, 3.8) is 0 Å². The van der Waals surface area contributed by atoms with E-state index in [4.69, 9.17) is 9.15 Å². The number of amides is 3. The molecule has 0 aliphatic carbocycles. The summed E-state index contributed by atoms with van der Waals surface area (Å²) in [5.74, 6) is -0.0480. The number of methoxy groups -OCH3 is 1. The summed E-state index contributed by atoms with van der Waals surface area (Å²) in [6, 6.07) is 12.9. The van der Waals surface area contributed by atoms with Crippen molar-refractivity contribution in [2.45, 2.75) is 13.8 Å². The number of nitrogens with one attached hydrogen (secondary N) is 1. The number of ether oxygens (including phenoxy) is 1. The maximum atomic E-state index is 12.8. The molecule has 3 aromatic rings. The van der Waals surface area contributed by atoms with Crippen molar-refractivity contribution in [1.29, 1.82) is 0 Å². The molecular formula is C25H21N3O7S. The lowest BCUT2D eigenvalue weighted by Crippen LogP contribution is -2.36. The van der Waals surface area contributed by atoms with Crippen LogP contribution in [0.4, 0.5) is 16.2 Å². The minimum absolute atomic E-state index is 0.0766. The number of furan rings is 1. The van der Waals surface area contributed by atoms with Crippen molar-refractivity contribution in [2.24, 2.45) is 0 Å². The van der Waals surface area contributed by atoms with E-state index in [9.17, 15) is 24.5 Å². The zero-order valence-corrected chi connectivity index (χ0v) is 20.4. The Bertz CT molecular complexity index is 1410. The predicted octanol–water partition coefficient (Wildman–Crippen LogP) is 5.16. The van der Waals surface area contributed by atoms with Crippen LogP contribution in [-0.4, -0.2) is 40.5 Å². The summed E-state index contributed by atoms with van der Waals surface area (Å²) < 4.78 is 10.8. The molecule has 11 heteroatoms. The van der Waals surface area contributed by atoms with Gasteiger partial charge in [0, 0.05) is 17.8 Å². The summed E-state index contributed by atoms with van der Waals surface area (Å²) in [6.45, 7) is 3.17. The molecule has 2 aromatic carbocycles. The van der Waals surface area contributed by atoms with Crippen LogP contribution < -0.4 is 10.1 Å².